The molecule has 9 nitrogen and oxygen atoms in total. The van der Waals surface area contributed by atoms with Crippen LogP contribution in [-0.2, 0) is 14.3 Å². The van der Waals surface area contributed by atoms with Gasteiger partial charge in [-0.05, 0) is 50.1 Å². The Kier molecular flexibility index (Phi) is 7.62. The fourth-order valence-corrected chi connectivity index (χ4v) is 3.63. The molecular weight excluding hydrogens is 454 g/mol. The normalized spacial score (nSPS) is 11.0. The van der Waals surface area contributed by atoms with E-state index in [-0.39, 0.29) is 12.5 Å². The second-order valence-electron chi connectivity index (χ2n) is 8.50. The second kappa shape index (κ2) is 10.4. The van der Waals surface area contributed by atoms with Crippen molar-refractivity contribution in [3.63, 3.8) is 0 Å². The molecule has 0 saturated heterocycles. The first-order chi connectivity index (χ1) is 16.0. The third kappa shape index (κ3) is 6.85. The lowest BCUT2D eigenvalue weighted by Crippen LogP contribution is -2.37. The van der Waals surface area contributed by atoms with Gasteiger partial charge in [0.05, 0.1) is 5.69 Å². The van der Waals surface area contributed by atoms with Gasteiger partial charge in [-0.2, -0.15) is 0 Å². The first-order valence-electron chi connectivity index (χ1n) is 10.6. The van der Waals surface area contributed by atoms with Crippen molar-refractivity contribution in [1.29, 1.82) is 0 Å². The summed E-state index contributed by atoms with van der Waals surface area (Å²) in [4.78, 5) is 45.7. The van der Waals surface area contributed by atoms with Gasteiger partial charge in [-0.1, -0.05) is 18.2 Å². The summed E-state index contributed by atoms with van der Waals surface area (Å²) in [5.74, 6) is 0.0604. The van der Waals surface area contributed by atoms with E-state index in [0.29, 0.717) is 16.6 Å². The van der Waals surface area contributed by atoms with Gasteiger partial charge in [-0.15, -0.1) is 11.3 Å². The van der Waals surface area contributed by atoms with Gasteiger partial charge in [0.2, 0.25) is 11.8 Å². The summed E-state index contributed by atoms with van der Waals surface area (Å²) in [6, 6.07) is 11.5. The number of benzene rings is 1. The van der Waals surface area contributed by atoms with Gasteiger partial charge < -0.3 is 20.3 Å². The molecular formula is C24H27N5O4S. The minimum Gasteiger partial charge on any atom is -0.444 e. The standard InChI is InChI=1S/C24H27N5O4S/c1-15(30)29(5)20-12-17(9-10-25-20)16-7-6-8-18(11-16)19-14-34-22(27-19)28-21(31)13-26-23(32)33-24(2,3)4/h6-12,14H,13H2,1-5H3,(H,26,32)(H,27,28,31). The van der Waals surface area contributed by atoms with E-state index in [9.17, 15) is 14.4 Å². The maximum Gasteiger partial charge on any atom is 0.408 e. The molecule has 2 aromatic heterocycles. The van der Waals surface area contributed by atoms with Crippen molar-refractivity contribution in [2.45, 2.75) is 33.3 Å². The quantitative estimate of drug-likeness (QED) is 0.542. The number of ether oxygens (including phenoxy) is 1. The number of thiazole rings is 1. The Labute approximate surface area is 202 Å². The molecule has 34 heavy (non-hydrogen) atoms. The number of alkyl carbamates (subject to hydrolysis) is 1. The van der Waals surface area contributed by atoms with Crippen molar-refractivity contribution in [3.05, 3.63) is 48.0 Å². The molecule has 3 amide bonds. The molecule has 2 heterocycles. The molecule has 0 aliphatic heterocycles. The summed E-state index contributed by atoms with van der Waals surface area (Å²) in [5, 5.41) is 7.36. The number of carbonyl (C=O) groups excluding carboxylic acids is 3. The number of aromatic nitrogens is 2. The van der Waals surface area contributed by atoms with Gasteiger partial charge >= 0.3 is 6.09 Å². The minimum absolute atomic E-state index is 0.100. The SMILES string of the molecule is CC(=O)N(C)c1cc(-c2cccc(-c3csc(NC(=O)CNC(=O)OC(C)(C)C)n3)c2)ccn1. The highest BCUT2D eigenvalue weighted by Gasteiger charge is 2.17. The van der Waals surface area contributed by atoms with Gasteiger partial charge in [0.1, 0.15) is 18.0 Å². The van der Waals surface area contributed by atoms with Crippen molar-refractivity contribution in [2.24, 2.45) is 0 Å². The summed E-state index contributed by atoms with van der Waals surface area (Å²) in [5.41, 5.74) is 2.80. The molecule has 0 radical (unpaired) electrons. The third-order valence-corrected chi connectivity index (χ3v) is 5.35. The minimum atomic E-state index is -0.659. The molecule has 1 aromatic carbocycles. The smallest absolute Gasteiger partial charge is 0.408 e. The summed E-state index contributed by atoms with van der Waals surface area (Å²) in [7, 11) is 1.68. The van der Waals surface area contributed by atoms with E-state index in [1.54, 1.807) is 34.0 Å². The molecule has 0 spiro atoms. The molecule has 3 aromatic rings. The number of amides is 3. The molecule has 0 atom stereocenters. The van der Waals surface area contributed by atoms with Crippen LogP contribution in [0.1, 0.15) is 27.7 Å². The van der Waals surface area contributed by atoms with Crippen LogP contribution in [0.5, 0.6) is 0 Å². The van der Waals surface area contributed by atoms with Crippen LogP contribution in [0.15, 0.2) is 48.0 Å². The molecule has 3 rings (SSSR count). The van der Waals surface area contributed by atoms with Crippen molar-refractivity contribution in [1.82, 2.24) is 15.3 Å². The van der Waals surface area contributed by atoms with E-state index in [0.717, 1.165) is 16.7 Å². The number of nitrogens with zero attached hydrogens (tertiary/aromatic N) is 3. The van der Waals surface area contributed by atoms with E-state index in [4.69, 9.17) is 4.74 Å². The van der Waals surface area contributed by atoms with Gasteiger partial charge in [0.25, 0.3) is 0 Å². The Morgan fingerprint density at radius 1 is 1.09 bits per heavy atom. The number of pyridine rings is 1. The Bertz CT molecular complexity index is 1200. The lowest BCUT2D eigenvalue weighted by Gasteiger charge is -2.19. The van der Waals surface area contributed by atoms with E-state index in [2.05, 4.69) is 20.6 Å². The molecule has 0 saturated carbocycles. The number of hydrogen-bond acceptors (Lipinski definition) is 7. The van der Waals surface area contributed by atoms with E-state index in [1.807, 2.05) is 41.8 Å². The van der Waals surface area contributed by atoms with Crippen LogP contribution in [-0.4, -0.2) is 47.1 Å². The van der Waals surface area contributed by atoms with Crippen LogP contribution in [0.3, 0.4) is 0 Å². The van der Waals surface area contributed by atoms with E-state index < -0.39 is 17.6 Å². The maximum atomic E-state index is 12.2. The number of hydrogen-bond donors (Lipinski definition) is 2. The van der Waals surface area contributed by atoms with Gasteiger partial charge in [0, 0.05) is 31.1 Å². The average Bonchev–Trinajstić information content (AvgIpc) is 3.24. The van der Waals surface area contributed by atoms with Crippen LogP contribution in [0.4, 0.5) is 15.7 Å². The average molecular weight is 482 g/mol. The molecule has 10 heteroatoms. The highest BCUT2D eigenvalue weighted by molar-refractivity contribution is 7.14. The molecule has 0 aliphatic rings. The molecule has 2 N–H and O–H groups in total. The van der Waals surface area contributed by atoms with Gasteiger partial charge in [0.15, 0.2) is 5.13 Å². The Hall–Kier alpha value is -3.79. The predicted molar refractivity (Wildman–Crippen MR) is 133 cm³/mol. The Morgan fingerprint density at radius 3 is 2.50 bits per heavy atom. The topological polar surface area (TPSA) is 114 Å². The third-order valence-electron chi connectivity index (χ3n) is 4.60. The highest BCUT2D eigenvalue weighted by atomic mass is 32.1. The highest BCUT2D eigenvalue weighted by Crippen LogP contribution is 2.29. The van der Waals surface area contributed by atoms with Crippen LogP contribution in [0.2, 0.25) is 0 Å². The number of anilines is 2. The van der Waals surface area contributed by atoms with Crippen molar-refractivity contribution >= 4 is 40.2 Å². The van der Waals surface area contributed by atoms with Gasteiger partial charge in [-0.25, -0.2) is 14.8 Å². The molecule has 0 bridgehead atoms. The van der Waals surface area contributed by atoms with Crippen LogP contribution in [0.25, 0.3) is 22.4 Å². The van der Waals surface area contributed by atoms with Crippen molar-refractivity contribution in [2.75, 3.05) is 23.8 Å². The fourth-order valence-electron chi connectivity index (χ4n) is 2.89. The zero-order valence-corrected chi connectivity index (χ0v) is 20.5. The fraction of sp³-hybridized carbons (Fsp3) is 0.292. The molecule has 178 valence electrons. The Morgan fingerprint density at radius 2 is 1.79 bits per heavy atom. The lowest BCUT2D eigenvalue weighted by molar-refractivity contribution is -0.116. The zero-order chi connectivity index (χ0) is 24.9. The van der Waals surface area contributed by atoms with Gasteiger partial charge in [-0.3, -0.25) is 9.59 Å². The number of carbonyl (C=O) groups is 3. The Balaban J connectivity index is 1.68. The summed E-state index contributed by atoms with van der Waals surface area (Å²) in [6.45, 7) is 6.50. The summed E-state index contributed by atoms with van der Waals surface area (Å²) >= 11 is 1.29. The molecule has 0 aliphatic carbocycles. The summed E-state index contributed by atoms with van der Waals surface area (Å²) in [6.07, 6.45) is 1.01. The molecule has 0 fully saturated rings. The lowest BCUT2D eigenvalue weighted by atomic mass is 10.0. The number of nitrogens with one attached hydrogen (secondary N) is 2. The van der Waals surface area contributed by atoms with Crippen LogP contribution < -0.4 is 15.5 Å². The van der Waals surface area contributed by atoms with Crippen LogP contribution >= 0.6 is 11.3 Å². The van der Waals surface area contributed by atoms with Crippen molar-refractivity contribution < 1.29 is 19.1 Å². The first kappa shape index (κ1) is 24.8. The molecule has 0 unspecified atom stereocenters. The monoisotopic (exact) mass is 481 g/mol. The second-order valence-corrected chi connectivity index (χ2v) is 9.36. The largest absolute Gasteiger partial charge is 0.444 e. The van der Waals surface area contributed by atoms with E-state index in [1.165, 1.54) is 23.2 Å². The number of rotatable bonds is 6. The van der Waals surface area contributed by atoms with Crippen LogP contribution in [0, 0.1) is 0 Å². The predicted octanol–water partition coefficient (Wildman–Crippen LogP) is 4.32. The first-order valence-corrected chi connectivity index (χ1v) is 11.4. The maximum absolute atomic E-state index is 12.2. The zero-order valence-electron chi connectivity index (χ0n) is 19.7. The van der Waals surface area contributed by atoms with E-state index >= 15 is 0 Å². The van der Waals surface area contributed by atoms with Crippen molar-refractivity contribution in [3.8, 4) is 22.4 Å². The summed E-state index contributed by atoms with van der Waals surface area (Å²) < 4.78 is 5.11.